The Hall–Kier alpha value is -2.17. The third-order valence-electron chi connectivity index (χ3n) is 2.12. The predicted octanol–water partition coefficient (Wildman–Crippen LogP) is 1.87. The minimum atomic E-state index is -0.433. The fraction of sp³-hybridized carbons (Fsp3) is 0.0909. The van der Waals surface area contributed by atoms with E-state index in [2.05, 4.69) is 9.97 Å². The van der Waals surface area contributed by atoms with Gasteiger partial charge >= 0.3 is 0 Å². The van der Waals surface area contributed by atoms with E-state index < -0.39 is 5.82 Å². The molecular formula is C11H10FN3O. The zero-order valence-corrected chi connectivity index (χ0v) is 8.64. The molecule has 5 heteroatoms. The van der Waals surface area contributed by atoms with Gasteiger partial charge < -0.3 is 10.5 Å². The highest BCUT2D eigenvalue weighted by atomic mass is 19.1. The molecule has 0 unspecified atom stereocenters. The van der Waals surface area contributed by atoms with Crippen molar-refractivity contribution in [2.75, 3.05) is 12.8 Å². The Labute approximate surface area is 91.9 Å². The van der Waals surface area contributed by atoms with E-state index in [1.807, 2.05) is 0 Å². The van der Waals surface area contributed by atoms with Crippen molar-refractivity contribution in [3.8, 4) is 17.0 Å². The SMILES string of the molecule is COc1ccc(-c2ccnc(N)n2)cc1F. The lowest BCUT2D eigenvalue weighted by Gasteiger charge is -2.04. The van der Waals surface area contributed by atoms with Gasteiger partial charge in [-0.1, -0.05) is 0 Å². The number of aromatic nitrogens is 2. The van der Waals surface area contributed by atoms with Crippen molar-refractivity contribution in [1.29, 1.82) is 0 Å². The quantitative estimate of drug-likeness (QED) is 0.837. The van der Waals surface area contributed by atoms with Gasteiger partial charge in [0.1, 0.15) is 0 Å². The minimum absolute atomic E-state index is 0.161. The molecule has 1 heterocycles. The first-order valence-corrected chi connectivity index (χ1v) is 4.63. The maximum absolute atomic E-state index is 13.4. The van der Waals surface area contributed by atoms with E-state index in [4.69, 9.17) is 10.5 Å². The monoisotopic (exact) mass is 219 g/mol. The standard InChI is InChI=1S/C11H10FN3O/c1-16-10-3-2-7(6-8(10)12)9-4-5-14-11(13)15-9/h2-6H,1H3,(H2,13,14,15). The fourth-order valence-electron chi connectivity index (χ4n) is 1.36. The van der Waals surface area contributed by atoms with Crippen LogP contribution in [-0.4, -0.2) is 17.1 Å². The van der Waals surface area contributed by atoms with Gasteiger partial charge in [-0.15, -0.1) is 0 Å². The van der Waals surface area contributed by atoms with Crippen molar-refractivity contribution < 1.29 is 9.13 Å². The van der Waals surface area contributed by atoms with Crippen molar-refractivity contribution in [2.45, 2.75) is 0 Å². The van der Waals surface area contributed by atoms with Crippen LogP contribution in [0.3, 0.4) is 0 Å². The molecule has 0 fully saturated rings. The molecule has 2 rings (SSSR count). The minimum Gasteiger partial charge on any atom is -0.494 e. The van der Waals surface area contributed by atoms with Crippen LogP contribution in [0.2, 0.25) is 0 Å². The molecular weight excluding hydrogens is 209 g/mol. The van der Waals surface area contributed by atoms with E-state index in [0.717, 1.165) is 0 Å². The van der Waals surface area contributed by atoms with Crippen molar-refractivity contribution in [2.24, 2.45) is 0 Å². The molecule has 0 spiro atoms. The number of halogens is 1. The van der Waals surface area contributed by atoms with Crippen molar-refractivity contribution in [3.63, 3.8) is 0 Å². The van der Waals surface area contributed by atoms with Crippen LogP contribution in [-0.2, 0) is 0 Å². The summed E-state index contributed by atoms with van der Waals surface area (Å²) in [5, 5.41) is 0. The average molecular weight is 219 g/mol. The maximum Gasteiger partial charge on any atom is 0.220 e. The molecule has 0 amide bonds. The molecule has 82 valence electrons. The number of nitrogens with zero attached hydrogens (tertiary/aromatic N) is 2. The van der Waals surface area contributed by atoms with Crippen LogP contribution in [0.5, 0.6) is 5.75 Å². The molecule has 0 saturated heterocycles. The van der Waals surface area contributed by atoms with Gasteiger partial charge in [-0.25, -0.2) is 14.4 Å². The zero-order valence-electron chi connectivity index (χ0n) is 8.64. The van der Waals surface area contributed by atoms with E-state index in [1.165, 1.54) is 19.4 Å². The molecule has 0 aliphatic heterocycles. The molecule has 4 nitrogen and oxygen atoms in total. The van der Waals surface area contributed by atoms with E-state index in [1.54, 1.807) is 18.2 Å². The molecule has 0 aliphatic rings. The predicted molar refractivity (Wildman–Crippen MR) is 58.4 cm³/mol. The number of hydrogen-bond acceptors (Lipinski definition) is 4. The van der Waals surface area contributed by atoms with Crippen LogP contribution < -0.4 is 10.5 Å². The molecule has 2 N–H and O–H groups in total. The number of methoxy groups -OCH3 is 1. The average Bonchev–Trinajstić information content (AvgIpc) is 2.29. The van der Waals surface area contributed by atoms with Gasteiger partial charge in [-0.2, -0.15) is 0 Å². The van der Waals surface area contributed by atoms with Crippen LogP contribution in [0, 0.1) is 5.82 Å². The first kappa shape index (κ1) is 10.4. The molecule has 0 radical (unpaired) electrons. The molecule has 0 aliphatic carbocycles. The summed E-state index contributed by atoms with van der Waals surface area (Å²) in [4.78, 5) is 7.77. The largest absolute Gasteiger partial charge is 0.494 e. The van der Waals surface area contributed by atoms with E-state index in [0.29, 0.717) is 11.3 Å². The fourth-order valence-corrected chi connectivity index (χ4v) is 1.36. The van der Waals surface area contributed by atoms with Gasteiger partial charge in [0.15, 0.2) is 11.6 Å². The summed E-state index contributed by atoms with van der Waals surface area (Å²) < 4.78 is 18.3. The Bertz CT molecular complexity index is 516. The lowest BCUT2D eigenvalue weighted by molar-refractivity contribution is 0.386. The van der Waals surface area contributed by atoms with Crippen LogP contribution >= 0.6 is 0 Å². The number of anilines is 1. The lowest BCUT2D eigenvalue weighted by atomic mass is 10.1. The molecule has 1 aromatic carbocycles. The Balaban J connectivity index is 2.45. The number of nitrogens with two attached hydrogens (primary N) is 1. The third kappa shape index (κ3) is 1.93. The summed E-state index contributed by atoms with van der Waals surface area (Å²) in [6, 6.07) is 6.27. The van der Waals surface area contributed by atoms with Gasteiger partial charge in [-0.05, 0) is 24.3 Å². The van der Waals surface area contributed by atoms with Crippen molar-refractivity contribution in [3.05, 3.63) is 36.3 Å². The number of nitrogen functional groups attached to an aromatic ring is 1. The number of ether oxygens (including phenoxy) is 1. The molecule has 2 aromatic rings. The van der Waals surface area contributed by atoms with Crippen LogP contribution in [0.15, 0.2) is 30.5 Å². The van der Waals surface area contributed by atoms with Crippen molar-refractivity contribution >= 4 is 5.95 Å². The Kier molecular flexibility index (Phi) is 2.68. The second kappa shape index (κ2) is 4.14. The highest BCUT2D eigenvalue weighted by Gasteiger charge is 2.06. The summed E-state index contributed by atoms with van der Waals surface area (Å²) in [6.07, 6.45) is 1.53. The number of hydrogen-bond donors (Lipinski definition) is 1. The van der Waals surface area contributed by atoms with E-state index in [-0.39, 0.29) is 11.7 Å². The highest BCUT2D eigenvalue weighted by Crippen LogP contribution is 2.24. The van der Waals surface area contributed by atoms with Gasteiger partial charge in [0.25, 0.3) is 0 Å². The van der Waals surface area contributed by atoms with Gasteiger partial charge in [0, 0.05) is 11.8 Å². The number of benzene rings is 1. The zero-order chi connectivity index (χ0) is 11.5. The van der Waals surface area contributed by atoms with Gasteiger partial charge in [-0.3, -0.25) is 0 Å². The lowest BCUT2D eigenvalue weighted by Crippen LogP contribution is -1.95. The summed E-state index contributed by atoms with van der Waals surface area (Å²) in [6.45, 7) is 0. The first-order chi connectivity index (χ1) is 7.70. The second-order valence-electron chi connectivity index (χ2n) is 3.15. The molecule has 1 aromatic heterocycles. The van der Waals surface area contributed by atoms with Crippen molar-refractivity contribution in [1.82, 2.24) is 9.97 Å². The topological polar surface area (TPSA) is 61.0 Å². The summed E-state index contributed by atoms with van der Waals surface area (Å²) in [5.74, 6) is -0.0725. The molecule has 0 saturated carbocycles. The summed E-state index contributed by atoms with van der Waals surface area (Å²) in [5.41, 5.74) is 6.66. The molecule has 0 atom stereocenters. The Morgan fingerprint density at radius 2 is 2.12 bits per heavy atom. The Morgan fingerprint density at radius 3 is 2.75 bits per heavy atom. The maximum atomic E-state index is 13.4. The summed E-state index contributed by atoms with van der Waals surface area (Å²) in [7, 11) is 1.42. The van der Waals surface area contributed by atoms with Gasteiger partial charge in [0.2, 0.25) is 5.95 Å². The normalized spacial score (nSPS) is 10.1. The van der Waals surface area contributed by atoms with E-state index in [9.17, 15) is 4.39 Å². The molecule has 0 bridgehead atoms. The van der Waals surface area contributed by atoms with Crippen LogP contribution in [0.25, 0.3) is 11.3 Å². The Morgan fingerprint density at radius 1 is 1.31 bits per heavy atom. The van der Waals surface area contributed by atoms with Gasteiger partial charge in [0.05, 0.1) is 12.8 Å². The smallest absolute Gasteiger partial charge is 0.220 e. The number of rotatable bonds is 2. The second-order valence-corrected chi connectivity index (χ2v) is 3.15. The first-order valence-electron chi connectivity index (χ1n) is 4.63. The third-order valence-corrected chi connectivity index (χ3v) is 2.12. The summed E-state index contributed by atoms with van der Waals surface area (Å²) >= 11 is 0. The van der Waals surface area contributed by atoms with Crippen LogP contribution in [0.1, 0.15) is 0 Å². The molecule has 16 heavy (non-hydrogen) atoms. The van der Waals surface area contributed by atoms with Crippen LogP contribution in [0.4, 0.5) is 10.3 Å². The van der Waals surface area contributed by atoms with E-state index >= 15 is 0 Å². The highest BCUT2D eigenvalue weighted by molar-refractivity contribution is 5.60.